The molecular formula is C10H18N4O2S2. The van der Waals surface area contributed by atoms with Crippen LogP contribution in [0, 0.1) is 13.8 Å². The van der Waals surface area contributed by atoms with E-state index in [0.717, 1.165) is 0 Å². The van der Waals surface area contributed by atoms with Crippen molar-refractivity contribution in [3.63, 3.8) is 0 Å². The predicted molar refractivity (Wildman–Crippen MR) is 73.9 cm³/mol. The molecular weight excluding hydrogens is 272 g/mol. The molecule has 0 aromatic carbocycles. The lowest BCUT2D eigenvalue weighted by molar-refractivity contribution is 0.436. The highest BCUT2D eigenvalue weighted by molar-refractivity contribution is 7.89. The van der Waals surface area contributed by atoms with Crippen LogP contribution in [0.1, 0.15) is 24.7 Å². The van der Waals surface area contributed by atoms with E-state index in [-0.39, 0.29) is 11.4 Å². The Morgan fingerprint density at radius 3 is 2.50 bits per heavy atom. The highest BCUT2D eigenvalue weighted by Gasteiger charge is 2.28. The third kappa shape index (κ3) is 3.06. The number of H-pyrrole nitrogens is 1. The summed E-state index contributed by atoms with van der Waals surface area (Å²) in [4.78, 5) is 0.552. The van der Waals surface area contributed by atoms with Crippen molar-refractivity contribution in [1.82, 2.24) is 14.5 Å². The van der Waals surface area contributed by atoms with Gasteiger partial charge in [-0.15, -0.1) is 0 Å². The molecule has 6 nitrogen and oxygen atoms in total. The maximum absolute atomic E-state index is 12.5. The number of sulfonamides is 1. The van der Waals surface area contributed by atoms with Crippen LogP contribution in [0.5, 0.6) is 0 Å². The molecule has 1 heterocycles. The first-order valence-corrected chi connectivity index (χ1v) is 7.45. The Morgan fingerprint density at radius 1 is 1.50 bits per heavy atom. The molecule has 0 aliphatic carbocycles. The van der Waals surface area contributed by atoms with Gasteiger partial charge in [0.25, 0.3) is 0 Å². The number of aromatic amines is 1. The summed E-state index contributed by atoms with van der Waals surface area (Å²) >= 11 is 4.77. The summed E-state index contributed by atoms with van der Waals surface area (Å²) in [6.07, 6.45) is 0.373. The van der Waals surface area contributed by atoms with Gasteiger partial charge in [0, 0.05) is 19.5 Å². The fraction of sp³-hybridized carbons (Fsp3) is 0.600. The van der Waals surface area contributed by atoms with Crippen LogP contribution in [0.2, 0.25) is 0 Å². The quantitative estimate of drug-likeness (QED) is 0.753. The van der Waals surface area contributed by atoms with E-state index in [1.807, 2.05) is 0 Å². The Kier molecular flexibility index (Phi) is 4.83. The van der Waals surface area contributed by atoms with Crippen LogP contribution in [-0.2, 0) is 10.0 Å². The first-order valence-electron chi connectivity index (χ1n) is 5.60. The summed E-state index contributed by atoms with van der Waals surface area (Å²) in [5.41, 5.74) is 6.42. The molecule has 0 saturated carbocycles. The Balaban J connectivity index is 3.07. The standard InChI is InChI=1S/C10H18N4O2S2/c1-4-14(6-5-9(11)17)18(15,16)10-7(2)12-13-8(10)3/h4-6H2,1-3H3,(H2,11,17)(H,12,13). The molecule has 0 aliphatic heterocycles. The van der Waals surface area contributed by atoms with Gasteiger partial charge in [-0.2, -0.15) is 9.40 Å². The maximum atomic E-state index is 12.5. The van der Waals surface area contributed by atoms with Crippen molar-refractivity contribution in [2.45, 2.75) is 32.1 Å². The molecule has 0 saturated heterocycles. The van der Waals surface area contributed by atoms with Crippen molar-refractivity contribution < 1.29 is 8.42 Å². The average molecular weight is 290 g/mol. The monoisotopic (exact) mass is 290 g/mol. The number of nitrogens with two attached hydrogens (primary N) is 1. The Morgan fingerprint density at radius 2 is 2.11 bits per heavy atom. The number of hydrogen-bond acceptors (Lipinski definition) is 4. The number of hydrogen-bond donors (Lipinski definition) is 2. The molecule has 0 spiro atoms. The lowest BCUT2D eigenvalue weighted by atomic mass is 10.4. The van der Waals surface area contributed by atoms with Gasteiger partial charge in [-0.1, -0.05) is 19.1 Å². The fourth-order valence-electron chi connectivity index (χ4n) is 1.73. The summed E-state index contributed by atoms with van der Waals surface area (Å²) in [5.74, 6) is 0. The van der Waals surface area contributed by atoms with Crippen molar-refractivity contribution in [1.29, 1.82) is 0 Å². The third-order valence-electron chi connectivity index (χ3n) is 2.62. The number of nitrogens with one attached hydrogen (secondary N) is 1. The van der Waals surface area contributed by atoms with Crippen LogP contribution >= 0.6 is 12.2 Å². The van der Waals surface area contributed by atoms with Gasteiger partial charge in [0.2, 0.25) is 10.0 Å². The van der Waals surface area contributed by atoms with Gasteiger partial charge in [-0.05, 0) is 13.8 Å². The van der Waals surface area contributed by atoms with Crippen LogP contribution in [0.3, 0.4) is 0 Å². The summed E-state index contributed by atoms with van der Waals surface area (Å²) in [5, 5.41) is 6.59. The normalized spacial score (nSPS) is 12.0. The van der Waals surface area contributed by atoms with E-state index < -0.39 is 10.0 Å². The molecule has 0 radical (unpaired) electrons. The summed E-state index contributed by atoms with van der Waals surface area (Å²) in [6, 6.07) is 0. The van der Waals surface area contributed by atoms with Crippen molar-refractivity contribution in [2.24, 2.45) is 5.73 Å². The van der Waals surface area contributed by atoms with Gasteiger partial charge in [0.05, 0.1) is 16.4 Å². The van der Waals surface area contributed by atoms with E-state index in [0.29, 0.717) is 29.3 Å². The molecule has 1 aromatic rings. The van der Waals surface area contributed by atoms with E-state index in [2.05, 4.69) is 10.2 Å². The zero-order valence-electron chi connectivity index (χ0n) is 10.7. The summed E-state index contributed by atoms with van der Waals surface area (Å²) < 4.78 is 26.3. The van der Waals surface area contributed by atoms with E-state index >= 15 is 0 Å². The molecule has 0 amide bonds. The molecule has 0 aliphatic rings. The lowest BCUT2D eigenvalue weighted by Crippen LogP contribution is -2.34. The zero-order valence-corrected chi connectivity index (χ0v) is 12.4. The topological polar surface area (TPSA) is 92.1 Å². The minimum atomic E-state index is -3.54. The highest BCUT2D eigenvalue weighted by atomic mass is 32.2. The van der Waals surface area contributed by atoms with Crippen molar-refractivity contribution in [3.05, 3.63) is 11.4 Å². The first kappa shape index (κ1) is 15.1. The van der Waals surface area contributed by atoms with Gasteiger partial charge in [-0.3, -0.25) is 5.10 Å². The molecule has 3 N–H and O–H groups in total. The molecule has 0 unspecified atom stereocenters. The van der Waals surface area contributed by atoms with Gasteiger partial charge in [-0.25, -0.2) is 8.42 Å². The molecule has 18 heavy (non-hydrogen) atoms. The molecule has 8 heteroatoms. The number of thiocarbonyl (C=S) groups is 1. The van der Waals surface area contributed by atoms with Crippen LogP contribution in [0.25, 0.3) is 0 Å². The fourth-order valence-corrected chi connectivity index (χ4v) is 3.61. The van der Waals surface area contributed by atoms with Gasteiger partial charge >= 0.3 is 0 Å². The second-order valence-electron chi connectivity index (χ2n) is 3.98. The molecule has 0 atom stereocenters. The third-order valence-corrected chi connectivity index (χ3v) is 5.06. The highest BCUT2D eigenvalue weighted by Crippen LogP contribution is 2.21. The average Bonchev–Trinajstić information content (AvgIpc) is 2.58. The lowest BCUT2D eigenvalue weighted by Gasteiger charge is -2.20. The molecule has 1 aromatic heterocycles. The van der Waals surface area contributed by atoms with Crippen LogP contribution in [0.15, 0.2) is 4.90 Å². The largest absolute Gasteiger partial charge is 0.393 e. The predicted octanol–water partition coefficient (Wildman–Crippen LogP) is 0.713. The zero-order chi connectivity index (χ0) is 13.9. The minimum Gasteiger partial charge on any atom is -0.393 e. The van der Waals surface area contributed by atoms with Crippen molar-refractivity contribution in [3.8, 4) is 0 Å². The van der Waals surface area contributed by atoms with Crippen molar-refractivity contribution >= 4 is 27.2 Å². The van der Waals surface area contributed by atoms with Crippen LogP contribution in [0.4, 0.5) is 0 Å². The summed E-state index contributed by atoms with van der Waals surface area (Å²) in [6.45, 7) is 5.79. The molecule has 1 rings (SSSR count). The minimum absolute atomic E-state index is 0.243. The number of nitrogens with zero attached hydrogens (tertiary/aromatic N) is 2. The van der Waals surface area contributed by atoms with Crippen LogP contribution < -0.4 is 5.73 Å². The Labute approximate surface area is 113 Å². The number of aromatic nitrogens is 2. The van der Waals surface area contributed by atoms with Crippen molar-refractivity contribution in [2.75, 3.05) is 13.1 Å². The Bertz CT molecular complexity index is 517. The maximum Gasteiger partial charge on any atom is 0.246 e. The van der Waals surface area contributed by atoms with E-state index in [4.69, 9.17) is 18.0 Å². The second-order valence-corrected chi connectivity index (χ2v) is 6.38. The van der Waals surface area contributed by atoms with E-state index in [1.54, 1.807) is 20.8 Å². The molecule has 0 bridgehead atoms. The first-order chi connectivity index (χ1) is 8.30. The number of aryl methyl sites for hydroxylation is 2. The summed E-state index contributed by atoms with van der Waals surface area (Å²) in [7, 11) is -3.54. The molecule has 102 valence electrons. The van der Waals surface area contributed by atoms with Gasteiger partial charge in [0.15, 0.2) is 0 Å². The van der Waals surface area contributed by atoms with E-state index in [1.165, 1.54) is 4.31 Å². The molecule has 0 fully saturated rings. The Hall–Kier alpha value is -0.990. The van der Waals surface area contributed by atoms with Crippen LogP contribution in [-0.4, -0.2) is 41.0 Å². The second kappa shape index (κ2) is 5.77. The number of rotatable bonds is 6. The van der Waals surface area contributed by atoms with Gasteiger partial charge in [0.1, 0.15) is 4.90 Å². The van der Waals surface area contributed by atoms with Gasteiger partial charge < -0.3 is 5.73 Å². The van der Waals surface area contributed by atoms with E-state index in [9.17, 15) is 8.42 Å². The smallest absolute Gasteiger partial charge is 0.246 e. The SMILES string of the molecule is CCN(CCC(N)=S)S(=O)(=O)c1c(C)n[nH]c1C.